The maximum atomic E-state index is 11.3. The van der Waals surface area contributed by atoms with Crippen molar-refractivity contribution >= 4 is 23.1 Å². The van der Waals surface area contributed by atoms with Crippen molar-refractivity contribution < 1.29 is 4.74 Å². The third-order valence-electron chi connectivity index (χ3n) is 2.49. The van der Waals surface area contributed by atoms with Gasteiger partial charge < -0.3 is 10.1 Å². The Hall–Kier alpha value is -1.60. The van der Waals surface area contributed by atoms with Crippen LogP contribution in [0.3, 0.4) is 0 Å². The van der Waals surface area contributed by atoms with E-state index in [-0.39, 0.29) is 11.7 Å². The molecule has 0 aliphatic heterocycles. The molecule has 98 valence electrons. The molecule has 2 aromatic rings. The molecule has 0 bridgehead atoms. The Morgan fingerprint density at radius 3 is 3.22 bits per heavy atom. The second kappa shape index (κ2) is 5.83. The topological polar surface area (TPSA) is 84.3 Å². The van der Waals surface area contributed by atoms with Crippen LogP contribution < -0.4 is 11.0 Å². The van der Waals surface area contributed by atoms with E-state index in [2.05, 4.69) is 20.5 Å². The van der Waals surface area contributed by atoms with Crippen LogP contribution in [0.25, 0.3) is 5.65 Å². The molecule has 0 fully saturated rings. The molecule has 0 saturated carbocycles. The second-order valence-electron chi connectivity index (χ2n) is 3.81. The van der Waals surface area contributed by atoms with Gasteiger partial charge in [0.05, 0.1) is 12.6 Å². The lowest BCUT2D eigenvalue weighted by Crippen LogP contribution is -2.26. The molecule has 0 spiro atoms. The number of hydrogen-bond acceptors (Lipinski definition) is 5. The van der Waals surface area contributed by atoms with Crippen molar-refractivity contribution in [3.63, 3.8) is 0 Å². The Morgan fingerprint density at radius 2 is 2.50 bits per heavy atom. The van der Waals surface area contributed by atoms with Gasteiger partial charge in [-0.25, -0.2) is 19.3 Å². The molecule has 0 aliphatic carbocycles. The predicted molar refractivity (Wildman–Crippen MR) is 68.2 cm³/mol. The quantitative estimate of drug-likeness (QED) is 0.746. The number of rotatable bonds is 6. The lowest BCUT2D eigenvalue weighted by molar-refractivity contribution is 0.184. The molecule has 0 aromatic carbocycles. The summed E-state index contributed by atoms with van der Waals surface area (Å²) in [6.07, 6.45) is 2.18. The first kappa shape index (κ1) is 12.8. The molecule has 1 unspecified atom stereocenters. The number of methoxy groups -OCH3 is 1. The third-order valence-corrected chi connectivity index (χ3v) is 2.71. The summed E-state index contributed by atoms with van der Waals surface area (Å²) in [6, 6.07) is 1.77. The molecule has 2 heterocycles. The van der Waals surface area contributed by atoms with Crippen LogP contribution in [0.1, 0.15) is 6.42 Å². The number of aromatic nitrogens is 4. The summed E-state index contributed by atoms with van der Waals surface area (Å²) in [4.78, 5) is 15.4. The van der Waals surface area contributed by atoms with E-state index in [4.69, 9.17) is 16.3 Å². The number of ether oxygens (including phenoxy) is 1. The minimum absolute atomic E-state index is 0.0770. The zero-order valence-corrected chi connectivity index (χ0v) is 10.6. The number of alkyl halides is 1. The molecule has 8 heteroatoms. The lowest BCUT2D eigenvalue weighted by atomic mass is 10.2. The Balaban J connectivity index is 2.17. The van der Waals surface area contributed by atoms with Crippen molar-refractivity contribution in [3.05, 3.63) is 22.9 Å². The first-order chi connectivity index (χ1) is 8.74. The number of H-pyrrole nitrogens is 1. The summed E-state index contributed by atoms with van der Waals surface area (Å²) < 4.78 is 6.43. The minimum atomic E-state index is -0.307. The van der Waals surface area contributed by atoms with E-state index in [0.717, 1.165) is 6.42 Å². The van der Waals surface area contributed by atoms with Crippen molar-refractivity contribution in [3.8, 4) is 0 Å². The van der Waals surface area contributed by atoms with Gasteiger partial charge in [0, 0.05) is 19.1 Å². The zero-order valence-electron chi connectivity index (χ0n) is 9.89. The molecule has 0 amide bonds. The number of hydrogen-bond donors (Lipinski definition) is 2. The Morgan fingerprint density at radius 1 is 1.67 bits per heavy atom. The van der Waals surface area contributed by atoms with Crippen LogP contribution >= 0.6 is 11.6 Å². The average Bonchev–Trinajstić information content (AvgIpc) is 2.71. The van der Waals surface area contributed by atoms with Gasteiger partial charge in [0.2, 0.25) is 0 Å². The fraction of sp³-hybridized carbons (Fsp3) is 0.500. The Kier molecular flexibility index (Phi) is 4.16. The SMILES string of the molecule is COCC(CCCl)Nc1cc2n[nH]c(=O)n2cn1. The standard InChI is InChI=1S/C10H14ClN5O2/c1-18-5-7(2-3-11)13-8-4-9-14-15-10(17)16(9)6-12-8/h4,6-7,13H,2-3,5H2,1H3,(H,15,17). The van der Waals surface area contributed by atoms with Crippen molar-refractivity contribution in [2.45, 2.75) is 12.5 Å². The van der Waals surface area contributed by atoms with Crippen LogP contribution in [0.4, 0.5) is 5.82 Å². The smallest absolute Gasteiger partial charge is 0.348 e. The number of halogens is 1. The normalized spacial score (nSPS) is 12.8. The van der Waals surface area contributed by atoms with Crippen molar-refractivity contribution in [1.82, 2.24) is 19.6 Å². The molecule has 0 aliphatic rings. The Labute approximate surface area is 108 Å². The maximum absolute atomic E-state index is 11.3. The first-order valence-corrected chi connectivity index (χ1v) is 6.02. The van der Waals surface area contributed by atoms with Crippen LogP contribution in [0, 0.1) is 0 Å². The van der Waals surface area contributed by atoms with Crippen LogP contribution in [-0.2, 0) is 4.74 Å². The van der Waals surface area contributed by atoms with Crippen LogP contribution in [-0.4, -0.2) is 45.2 Å². The van der Waals surface area contributed by atoms with E-state index in [1.165, 1.54) is 10.7 Å². The summed E-state index contributed by atoms with van der Waals surface area (Å²) in [5.41, 5.74) is 0.206. The Bertz CT molecular complexity index is 561. The van der Waals surface area contributed by atoms with Gasteiger partial charge in [0.15, 0.2) is 5.65 Å². The number of nitrogens with one attached hydrogen (secondary N) is 2. The number of fused-ring (bicyclic) bond motifs is 1. The molecule has 0 saturated heterocycles. The average molecular weight is 272 g/mol. The zero-order chi connectivity index (χ0) is 13.0. The summed E-state index contributed by atoms with van der Waals surface area (Å²) in [7, 11) is 1.63. The van der Waals surface area contributed by atoms with E-state index in [1.807, 2.05) is 0 Å². The van der Waals surface area contributed by atoms with Gasteiger partial charge >= 0.3 is 5.69 Å². The summed E-state index contributed by atoms with van der Waals surface area (Å²) >= 11 is 5.72. The molecule has 2 N–H and O–H groups in total. The van der Waals surface area contributed by atoms with E-state index >= 15 is 0 Å². The van der Waals surface area contributed by atoms with Gasteiger partial charge in [0.1, 0.15) is 12.1 Å². The monoisotopic (exact) mass is 271 g/mol. The highest BCUT2D eigenvalue weighted by atomic mass is 35.5. The number of anilines is 1. The van der Waals surface area contributed by atoms with E-state index in [0.29, 0.717) is 24.0 Å². The minimum Gasteiger partial charge on any atom is -0.383 e. The summed E-state index contributed by atoms with van der Waals surface area (Å²) in [5, 5.41) is 9.41. The van der Waals surface area contributed by atoms with Gasteiger partial charge in [-0.15, -0.1) is 11.6 Å². The maximum Gasteiger partial charge on any atom is 0.348 e. The van der Waals surface area contributed by atoms with Crippen molar-refractivity contribution in [1.29, 1.82) is 0 Å². The van der Waals surface area contributed by atoms with Crippen LogP contribution in [0.2, 0.25) is 0 Å². The van der Waals surface area contributed by atoms with Gasteiger partial charge in [-0.1, -0.05) is 0 Å². The van der Waals surface area contributed by atoms with Gasteiger partial charge in [-0.3, -0.25) is 0 Å². The number of aromatic amines is 1. The van der Waals surface area contributed by atoms with Gasteiger partial charge in [-0.05, 0) is 6.42 Å². The highest BCUT2D eigenvalue weighted by molar-refractivity contribution is 6.17. The molecular weight excluding hydrogens is 258 g/mol. The molecule has 18 heavy (non-hydrogen) atoms. The second-order valence-corrected chi connectivity index (χ2v) is 4.18. The molecule has 2 aromatic heterocycles. The molecule has 0 radical (unpaired) electrons. The molecule has 7 nitrogen and oxygen atoms in total. The van der Waals surface area contributed by atoms with E-state index in [9.17, 15) is 4.79 Å². The highest BCUT2D eigenvalue weighted by Gasteiger charge is 2.09. The summed E-state index contributed by atoms with van der Waals surface area (Å²) in [5.74, 6) is 1.17. The van der Waals surface area contributed by atoms with Crippen molar-refractivity contribution in [2.75, 3.05) is 24.9 Å². The molecule has 2 rings (SSSR count). The third kappa shape index (κ3) is 2.80. The van der Waals surface area contributed by atoms with E-state index < -0.39 is 0 Å². The van der Waals surface area contributed by atoms with Gasteiger partial charge in [0.25, 0.3) is 0 Å². The number of nitrogens with zero attached hydrogens (tertiary/aromatic N) is 3. The van der Waals surface area contributed by atoms with E-state index in [1.54, 1.807) is 13.2 Å². The fourth-order valence-corrected chi connectivity index (χ4v) is 1.89. The summed E-state index contributed by atoms with van der Waals surface area (Å²) in [6.45, 7) is 0.535. The fourth-order valence-electron chi connectivity index (χ4n) is 1.63. The largest absolute Gasteiger partial charge is 0.383 e. The van der Waals surface area contributed by atoms with Crippen molar-refractivity contribution in [2.24, 2.45) is 0 Å². The van der Waals surface area contributed by atoms with Crippen LogP contribution in [0.15, 0.2) is 17.2 Å². The first-order valence-electron chi connectivity index (χ1n) is 5.49. The van der Waals surface area contributed by atoms with Gasteiger partial charge in [-0.2, -0.15) is 5.10 Å². The lowest BCUT2D eigenvalue weighted by Gasteiger charge is -2.17. The molecule has 1 atom stereocenters. The predicted octanol–water partition coefficient (Wildman–Crippen LogP) is 0.473. The highest BCUT2D eigenvalue weighted by Crippen LogP contribution is 2.08. The molecular formula is C10H14ClN5O2. The van der Waals surface area contributed by atoms with Crippen LogP contribution in [0.5, 0.6) is 0 Å².